The number of aromatic hydroxyl groups is 1. The largest absolute Gasteiger partial charge is 0.506 e. The van der Waals surface area contributed by atoms with Gasteiger partial charge in [0.15, 0.2) is 0 Å². The molecule has 2 aliphatic rings. The Labute approximate surface area is 148 Å². The van der Waals surface area contributed by atoms with E-state index < -0.39 is 32.3 Å². The van der Waals surface area contributed by atoms with E-state index in [0.717, 1.165) is 6.07 Å². The van der Waals surface area contributed by atoms with Gasteiger partial charge in [0.25, 0.3) is 10.1 Å². The van der Waals surface area contributed by atoms with Crippen molar-refractivity contribution in [2.75, 3.05) is 0 Å². The van der Waals surface area contributed by atoms with Gasteiger partial charge < -0.3 is 10.2 Å². The van der Waals surface area contributed by atoms with Crippen molar-refractivity contribution in [1.29, 1.82) is 0 Å². The fourth-order valence-corrected chi connectivity index (χ4v) is 4.29. The standard InChI is InChI=1S/C15H13Cl2NO5S/c1-15(2)6-3-10(19)11(24(21,22)23)5-8(6)18-9-4-7(16)14(20)13(17)12(9)15/h3-5,14,19-20H,1-2H3,(H,21,22,23). The highest BCUT2D eigenvalue weighted by Gasteiger charge is 2.41. The number of benzene rings is 1. The van der Waals surface area contributed by atoms with Gasteiger partial charge in [0.2, 0.25) is 0 Å². The number of halogens is 2. The van der Waals surface area contributed by atoms with Crippen LogP contribution in [0, 0.1) is 0 Å². The number of allylic oxidation sites excluding steroid dienone is 2. The molecule has 1 aliphatic heterocycles. The molecule has 3 rings (SSSR count). The molecular formula is C15H13Cl2NO5S. The summed E-state index contributed by atoms with van der Waals surface area (Å²) in [6, 6.07) is 2.31. The second-order valence-electron chi connectivity index (χ2n) is 6.09. The van der Waals surface area contributed by atoms with Crippen molar-refractivity contribution in [2.24, 2.45) is 4.99 Å². The fourth-order valence-electron chi connectivity index (χ4n) is 2.99. The third kappa shape index (κ3) is 2.48. The van der Waals surface area contributed by atoms with E-state index in [1.54, 1.807) is 13.8 Å². The predicted octanol–water partition coefficient (Wildman–Crippen LogP) is 2.99. The van der Waals surface area contributed by atoms with Gasteiger partial charge in [-0.1, -0.05) is 37.0 Å². The second kappa shape index (κ2) is 5.31. The van der Waals surface area contributed by atoms with Crippen LogP contribution in [0.25, 0.3) is 0 Å². The summed E-state index contributed by atoms with van der Waals surface area (Å²) in [7, 11) is -4.60. The molecule has 1 unspecified atom stereocenters. The monoisotopic (exact) mass is 389 g/mol. The molecule has 6 nitrogen and oxygen atoms in total. The van der Waals surface area contributed by atoms with Crippen LogP contribution in [0.2, 0.25) is 0 Å². The van der Waals surface area contributed by atoms with Crippen LogP contribution in [-0.2, 0) is 15.5 Å². The molecule has 9 heteroatoms. The first-order chi connectivity index (χ1) is 10.9. The summed E-state index contributed by atoms with van der Waals surface area (Å²) >= 11 is 12.2. The van der Waals surface area contributed by atoms with Gasteiger partial charge in [-0.05, 0) is 23.8 Å². The SMILES string of the molecule is CC1(C)C2=C(Cl)C(O)C(Cl)=CC2=Nc2cc(S(=O)(=O)O)c(O)cc21. The van der Waals surface area contributed by atoms with Gasteiger partial charge in [0.05, 0.1) is 21.5 Å². The Hall–Kier alpha value is -1.38. The minimum absolute atomic E-state index is 0.0931. The van der Waals surface area contributed by atoms with Gasteiger partial charge in [-0.3, -0.25) is 4.55 Å². The molecule has 1 heterocycles. The number of aliphatic hydroxyl groups excluding tert-OH is 1. The number of fused-ring (bicyclic) bond motifs is 2. The molecule has 0 bridgehead atoms. The second-order valence-corrected chi connectivity index (χ2v) is 8.32. The van der Waals surface area contributed by atoms with Crippen molar-refractivity contribution < 1.29 is 23.2 Å². The van der Waals surface area contributed by atoms with Crippen molar-refractivity contribution in [2.45, 2.75) is 30.3 Å². The van der Waals surface area contributed by atoms with E-state index in [0.29, 0.717) is 16.8 Å². The smallest absolute Gasteiger partial charge is 0.298 e. The number of aliphatic imine (C=N–C) groups is 1. The summed E-state index contributed by atoms with van der Waals surface area (Å²) in [6.07, 6.45) is 0.298. The van der Waals surface area contributed by atoms with E-state index in [4.69, 9.17) is 23.2 Å². The van der Waals surface area contributed by atoms with Crippen LogP contribution >= 0.6 is 23.2 Å². The van der Waals surface area contributed by atoms with E-state index in [9.17, 15) is 23.2 Å². The molecule has 0 amide bonds. The topological polar surface area (TPSA) is 107 Å². The maximum atomic E-state index is 11.4. The first-order valence-corrected chi connectivity index (χ1v) is 9.03. The summed E-state index contributed by atoms with van der Waals surface area (Å²) in [6.45, 7) is 3.59. The summed E-state index contributed by atoms with van der Waals surface area (Å²) in [5, 5.41) is 20.2. The van der Waals surface area contributed by atoms with Crippen LogP contribution in [0.15, 0.2) is 43.7 Å². The summed E-state index contributed by atoms with van der Waals surface area (Å²) in [5.74, 6) is -0.593. The van der Waals surface area contributed by atoms with Gasteiger partial charge >= 0.3 is 0 Å². The molecule has 24 heavy (non-hydrogen) atoms. The van der Waals surface area contributed by atoms with E-state index >= 15 is 0 Å². The van der Waals surface area contributed by atoms with Crippen LogP contribution in [0.1, 0.15) is 19.4 Å². The molecule has 128 valence electrons. The van der Waals surface area contributed by atoms with Crippen molar-refractivity contribution in [1.82, 2.24) is 0 Å². The van der Waals surface area contributed by atoms with Crippen LogP contribution in [-0.4, -0.2) is 35.0 Å². The Kier molecular flexibility index (Phi) is 3.86. The molecule has 0 spiro atoms. The minimum atomic E-state index is -4.60. The van der Waals surface area contributed by atoms with Gasteiger partial charge in [0.1, 0.15) is 16.7 Å². The predicted molar refractivity (Wildman–Crippen MR) is 90.9 cm³/mol. The lowest BCUT2D eigenvalue weighted by Crippen LogP contribution is -2.34. The number of hydrogen-bond donors (Lipinski definition) is 3. The lowest BCUT2D eigenvalue weighted by molar-refractivity contribution is 0.260. The molecular weight excluding hydrogens is 377 g/mol. The quantitative estimate of drug-likeness (QED) is 0.639. The number of nitrogens with zero attached hydrogens (tertiary/aromatic N) is 1. The van der Waals surface area contributed by atoms with Crippen LogP contribution in [0.3, 0.4) is 0 Å². The zero-order valence-corrected chi connectivity index (χ0v) is 14.9. The van der Waals surface area contributed by atoms with Crippen molar-refractivity contribution in [3.05, 3.63) is 39.4 Å². The first-order valence-electron chi connectivity index (χ1n) is 6.84. The van der Waals surface area contributed by atoms with Crippen LogP contribution < -0.4 is 0 Å². The van der Waals surface area contributed by atoms with Gasteiger partial charge in [-0.2, -0.15) is 8.42 Å². The van der Waals surface area contributed by atoms with Crippen molar-refractivity contribution in [3.63, 3.8) is 0 Å². The number of phenols is 1. The normalized spacial score (nSPS) is 22.5. The highest BCUT2D eigenvalue weighted by atomic mass is 35.5. The van der Waals surface area contributed by atoms with E-state index in [1.165, 1.54) is 12.1 Å². The molecule has 0 aromatic heterocycles. The summed E-state index contributed by atoms with van der Waals surface area (Å²) in [4.78, 5) is 3.70. The highest BCUT2D eigenvalue weighted by molar-refractivity contribution is 7.86. The van der Waals surface area contributed by atoms with E-state index in [-0.39, 0.29) is 15.8 Å². The first kappa shape index (κ1) is 17.4. The fraction of sp³-hybridized carbons (Fsp3) is 0.267. The molecule has 0 fully saturated rings. The zero-order chi connectivity index (χ0) is 18.0. The van der Waals surface area contributed by atoms with Crippen molar-refractivity contribution in [3.8, 4) is 5.75 Å². The molecule has 1 aromatic rings. The van der Waals surface area contributed by atoms with Crippen molar-refractivity contribution >= 4 is 44.7 Å². The number of aliphatic hydroxyl groups is 1. The summed E-state index contributed by atoms with van der Waals surface area (Å²) < 4.78 is 32.0. The molecule has 1 aromatic carbocycles. The Morgan fingerprint density at radius 3 is 2.46 bits per heavy atom. The molecule has 0 radical (unpaired) electrons. The van der Waals surface area contributed by atoms with Gasteiger partial charge in [-0.25, -0.2) is 4.99 Å². The molecule has 1 atom stereocenters. The molecule has 1 aliphatic carbocycles. The Bertz CT molecular complexity index is 960. The van der Waals surface area contributed by atoms with E-state index in [1.807, 2.05) is 0 Å². The number of hydrogen-bond acceptors (Lipinski definition) is 5. The average molecular weight is 390 g/mol. The third-order valence-corrected chi connectivity index (χ3v) is 5.76. The van der Waals surface area contributed by atoms with Crippen LogP contribution in [0.4, 0.5) is 5.69 Å². The van der Waals surface area contributed by atoms with E-state index in [2.05, 4.69) is 4.99 Å². The zero-order valence-electron chi connectivity index (χ0n) is 12.6. The Morgan fingerprint density at radius 1 is 1.25 bits per heavy atom. The number of phenolic OH excluding ortho intramolecular Hbond substituents is 1. The average Bonchev–Trinajstić information content (AvgIpc) is 2.43. The Balaban J connectivity index is 2.36. The highest BCUT2D eigenvalue weighted by Crippen LogP contribution is 2.49. The molecule has 0 saturated carbocycles. The third-order valence-electron chi connectivity index (χ3n) is 4.17. The number of rotatable bonds is 1. The Morgan fingerprint density at radius 2 is 1.88 bits per heavy atom. The van der Waals surface area contributed by atoms with Gasteiger partial charge in [-0.15, -0.1) is 0 Å². The summed E-state index contributed by atoms with van der Waals surface area (Å²) in [5.41, 5.74) is 0.898. The lowest BCUT2D eigenvalue weighted by Gasteiger charge is -2.37. The maximum absolute atomic E-state index is 11.4. The molecule has 3 N–H and O–H groups in total. The maximum Gasteiger partial charge on any atom is 0.298 e. The molecule has 0 saturated heterocycles. The minimum Gasteiger partial charge on any atom is -0.506 e. The lowest BCUT2D eigenvalue weighted by atomic mass is 9.71. The van der Waals surface area contributed by atoms with Gasteiger partial charge in [0, 0.05) is 11.0 Å². The van der Waals surface area contributed by atoms with Crippen LogP contribution in [0.5, 0.6) is 5.75 Å².